The Kier molecular flexibility index (Phi) is 7.81. The number of rotatable bonds is 9. The number of carbonyl (C=O) groups excluding carboxylic acids is 2. The first-order chi connectivity index (χ1) is 16.2. The number of amides is 2. The van der Waals surface area contributed by atoms with Crippen molar-refractivity contribution in [3.63, 3.8) is 0 Å². The van der Waals surface area contributed by atoms with E-state index in [1.54, 1.807) is 0 Å². The molecule has 0 unspecified atom stereocenters. The second-order valence-corrected chi connectivity index (χ2v) is 13.1. The molecular formula is C25H36N4O4S2. The van der Waals surface area contributed by atoms with Gasteiger partial charge in [0.05, 0.1) is 10.5 Å². The van der Waals surface area contributed by atoms with Gasteiger partial charge in [0.15, 0.2) is 0 Å². The van der Waals surface area contributed by atoms with Gasteiger partial charge in [0.25, 0.3) is 11.8 Å². The Morgan fingerprint density at radius 2 is 1.77 bits per heavy atom. The lowest BCUT2D eigenvalue weighted by Crippen LogP contribution is -2.55. The van der Waals surface area contributed by atoms with Crippen LogP contribution < -0.4 is 16.4 Å². The number of hydrogen-bond acceptors (Lipinski definition) is 6. The highest BCUT2D eigenvalue weighted by Crippen LogP contribution is 2.45. The molecule has 2 aromatic rings. The van der Waals surface area contributed by atoms with Gasteiger partial charge in [0.1, 0.15) is 5.00 Å². The second-order valence-electron chi connectivity index (χ2n) is 10.1. The van der Waals surface area contributed by atoms with Crippen molar-refractivity contribution in [1.82, 2.24) is 9.62 Å². The molecule has 0 spiro atoms. The first kappa shape index (κ1) is 27.3. The summed E-state index contributed by atoms with van der Waals surface area (Å²) in [5, 5.41) is 6.84. The Morgan fingerprint density at radius 1 is 1.14 bits per heavy atom. The van der Waals surface area contributed by atoms with E-state index in [9.17, 15) is 18.0 Å². The van der Waals surface area contributed by atoms with Crippen LogP contribution in [0.1, 0.15) is 85.5 Å². The highest BCUT2D eigenvalue weighted by molar-refractivity contribution is 7.89. The summed E-state index contributed by atoms with van der Waals surface area (Å²) < 4.78 is 27.4. The number of thiophene rings is 1. The number of nitrogens with two attached hydrogens (primary N) is 1. The lowest BCUT2D eigenvalue weighted by atomic mass is 9.81. The normalized spacial score (nSPS) is 16.7. The number of hydrogen-bond donors (Lipinski definition) is 3. The van der Waals surface area contributed by atoms with E-state index in [1.807, 2.05) is 27.7 Å². The Bertz CT molecular complexity index is 1210. The first-order valence-electron chi connectivity index (χ1n) is 11.9. The van der Waals surface area contributed by atoms with Crippen LogP contribution >= 0.6 is 11.3 Å². The topological polar surface area (TPSA) is 122 Å². The number of nitrogens with zero attached hydrogens (tertiary/aromatic N) is 1. The molecule has 10 heteroatoms. The fourth-order valence-electron chi connectivity index (χ4n) is 4.76. The predicted octanol–water partition coefficient (Wildman–Crippen LogP) is 4.07. The van der Waals surface area contributed by atoms with E-state index < -0.39 is 27.4 Å². The van der Waals surface area contributed by atoms with Crippen molar-refractivity contribution < 1.29 is 18.0 Å². The molecule has 0 bridgehead atoms. The molecule has 1 aliphatic rings. The molecule has 192 valence electrons. The van der Waals surface area contributed by atoms with Crippen molar-refractivity contribution in [2.75, 3.05) is 18.4 Å². The SMILES string of the molecule is CCCCN(CC)S(=O)(=O)c1ccc(C(=O)Nc2sc3c(c2C(N)=O)CC(C)(C)NC3(C)C)cc1. The summed E-state index contributed by atoms with van der Waals surface area (Å²) in [4.78, 5) is 26.6. The third kappa shape index (κ3) is 5.61. The number of carbonyl (C=O) groups is 2. The van der Waals surface area contributed by atoms with Gasteiger partial charge in [-0.3, -0.25) is 9.59 Å². The number of fused-ring (bicyclic) bond motifs is 1. The average Bonchev–Trinajstić information content (AvgIpc) is 3.11. The maximum atomic E-state index is 13.1. The summed E-state index contributed by atoms with van der Waals surface area (Å²) in [6.07, 6.45) is 2.29. The fourth-order valence-corrected chi connectivity index (χ4v) is 7.53. The average molecular weight is 521 g/mol. The maximum Gasteiger partial charge on any atom is 0.256 e. The van der Waals surface area contributed by atoms with Crippen LogP contribution in [0.4, 0.5) is 5.00 Å². The molecule has 3 rings (SSSR count). The highest BCUT2D eigenvalue weighted by Gasteiger charge is 2.41. The van der Waals surface area contributed by atoms with Gasteiger partial charge in [-0.1, -0.05) is 20.3 Å². The number of unbranched alkanes of at least 4 members (excludes halogenated alkanes) is 1. The number of nitrogens with one attached hydrogen (secondary N) is 2. The molecule has 0 fully saturated rings. The summed E-state index contributed by atoms with van der Waals surface area (Å²) >= 11 is 1.35. The quantitative estimate of drug-likeness (QED) is 0.460. The van der Waals surface area contributed by atoms with E-state index in [2.05, 4.69) is 24.5 Å². The van der Waals surface area contributed by atoms with Gasteiger partial charge < -0.3 is 16.4 Å². The van der Waals surface area contributed by atoms with Gasteiger partial charge in [-0.2, -0.15) is 4.31 Å². The summed E-state index contributed by atoms with van der Waals surface area (Å²) in [5.74, 6) is -1.02. The monoisotopic (exact) mass is 520 g/mol. The standard InChI is InChI=1S/C25H36N4O4S2/c1-7-9-14-29(8-2)35(32,33)17-12-10-16(11-13-17)22(31)27-23-19(21(26)30)18-15-24(3,4)28-25(5,6)20(18)34-23/h10-13,28H,7-9,14-15H2,1-6H3,(H2,26,30)(H,27,31). The van der Waals surface area contributed by atoms with Crippen molar-refractivity contribution in [3.05, 3.63) is 45.8 Å². The van der Waals surface area contributed by atoms with Crippen molar-refractivity contribution in [3.8, 4) is 0 Å². The molecule has 1 aliphatic heterocycles. The zero-order valence-corrected chi connectivity index (χ0v) is 23.0. The minimum Gasteiger partial charge on any atom is -0.365 e. The van der Waals surface area contributed by atoms with E-state index in [1.165, 1.54) is 39.9 Å². The van der Waals surface area contributed by atoms with Crippen LogP contribution in [0.15, 0.2) is 29.2 Å². The minimum absolute atomic E-state index is 0.145. The minimum atomic E-state index is -3.63. The number of sulfonamides is 1. The third-order valence-electron chi connectivity index (χ3n) is 6.19. The molecule has 4 N–H and O–H groups in total. The third-order valence-corrected chi connectivity index (χ3v) is 9.65. The van der Waals surface area contributed by atoms with E-state index in [4.69, 9.17) is 5.73 Å². The van der Waals surface area contributed by atoms with Crippen LogP contribution in [-0.2, 0) is 22.0 Å². The Hall–Kier alpha value is -2.27. The van der Waals surface area contributed by atoms with Gasteiger partial charge in [-0.05, 0) is 70.4 Å². The van der Waals surface area contributed by atoms with Crippen LogP contribution in [0.2, 0.25) is 0 Å². The van der Waals surface area contributed by atoms with Crippen LogP contribution in [0.3, 0.4) is 0 Å². The van der Waals surface area contributed by atoms with Crippen molar-refractivity contribution >= 4 is 38.2 Å². The van der Waals surface area contributed by atoms with Gasteiger partial charge in [-0.15, -0.1) is 11.3 Å². The first-order valence-corrected chi connectivity index (χ1v) is 14.2. The molecule has 0 atom stereocenters. The second kappa shape index (κ2) is 10.0. The van der Waals surface area contributed by atoms with Crippen LogP contribution in [0, 0.1) is 0 Å². The molecule has 2 amide bonds. The van der Waals surface area contributed by atoms with Crippen LogP contribution in [0.5, 0.6) is 0 Å². The summed E-state index contributed by atoms with van der Waals surface area (Å²) in [6, 6.07) is 5.87. The Morgan fingerprint density at radius 3 is 2.31 bits per heavy atom. The molecule has 35 heavy (non-hydrogen) atoms. The molecule has 1 aromatic carbocycles. The molecule has 0 aliphatic carbocycles. The predicted molar refractivity (Wildman–Crippen MR) is 141 cm³/mol. The van der Waals surface area contributed by atoms with Gasteiger partial charge in [0, 0.05) is 34.6 Å². The van der Waals surface area contributed by atoms with Crippen molar-refractivity contribution in [2.24, 2.45) is 5.73 Å². The number of primary amides is 1. The zero-order valence-electron chi connectivity index (χ0n) is 21.3. The van der Waals surface area contributed by atoms with Crippen LogP contribution in [0.25, 0.3) is 0 Å². The van der Waals surface area contributed by atoms with Crippen LogP contribution in [-0.4, -0.2) is 43.2 Å². The largest absolute Gasteiger partial charge is 0.365 e. The van der Waals surface area contributed by atoms with E-state index >= 15 is 0 Å². The Labute approximate surface area is 212 Å². The number of benzene rings is 1. The molecule has 1 aromatic heterocycles. The summed E-state index contributed by atoms with van der Waals surface area (Å²) in [7, 11) is -3.63. The molecule has 0 saturated heterocycles. The molecular weight excluding hydrogens is 484 g/mol. The summed E-state index contributed by atoms with van der Waals surface area (Å²) in [6.45, 7) is 12.9. The smallest absolute Gasteiger partial charge is 0.256 e. The molecule has 0 saturated carbocycles. The molecule has 0 radical (unpaired) electrons. The maximum absolute atomic E-state index is 13.1. The van der Waals surface area contributed by atoms with Crippen molar-refractivity contribution in [2.45, 2.75) is 76.8 Å². The van der Waals surface area contributed by atoms with E-state index in [0.29, 0.717) is 35.6 Å². The highest BCUT2D eigenvalue weighted by atomic mass is 32.2. The van der Waals surface area contributed by atoms with Gasteiger partial charge in [-0.25, -0.2) is 8.42 Å². The van der Waals surface area contributed by atoms with Crippen molar-refractivity contribution in [1.29, 1.82) is 0 Å². The molecule has 8 nitrogen and oxygen atoms in total. The number of anilines is 1. The Balaban J connectivity index is 1.89. The molecule has 2 heterocycles. The fraction of sp³-hybridized carbons (Fsp3) is 0.520. The lowest BCUT2D eigenvalue weighted by Gasteiger charge is -2.42. The van der Waals surface area contributed by atoms with Gasteiger partial charge >= 0.3 is 0 Å². The van der Waals surface area contributed by atoms with Gasteiger partial charge in [0.2, 0.25) is 10.0 Å². The zero-order chi connectivity index (χ0) is 26.2. The van der Waals surface area contributed by atoms with E-state index in [-0.39, 0.29) is 10.4 Å². The van der Waals surface area contributed by atoms with E-state index in [0.717, 1.165) is 23.3 Å². The lowest BCUT2D eigenvalue weighted by molar-refractivity contribution is 0.0999. The summed E-state index contributed by atoms with van der Waals surface area (Å²) in [5.41, 5.74) is 6.60.